The zero-order chi connectivity index (χ0) is 17.5. The Morgan fingerprint density at radius 3 is 2.04 bits per heavy atom. The van der Waals surface area contributed by atoms with Gasteiger partial charge in [0, 0.05) is 17.4 Å². The van der Waals surface area contributed by atoms with Crippen LogP contribution in [0.2, 0.25) is 5.02 Å². The van der Waals surface area contributed by atoms with E-state index in [0.717, 1.165) is 0 Å². The molecule has 0 fully saturated rings. The fourth-order valence-corrected chi connectivity index (χ4v) is 2.29. The minimum absolute atomic E-state index is 0.113. The third-order valence-corrected chi connectivity index (χ3v) is 3.48. The van der Waals surface area contributed by atoms with E-state index in [2.05, 4.69) is 0 Å². The maximum atomic E-state index is 15.4. The van der Waals surface area contributed by atoms with Crippen LogP contribution >= 0.6 is 11.6 Å². The number of esters is 2. The maximum Gasteiger partial charge on any atom is 0.356 e. The lowest BCUT2D eigenvalue weighted by Crippen LogP contribution is -2.50. The first kappa shape index (κ1) is 19.1. The van der Waals surface area contributed by atoms with Gasteiger partial charge in [0.15, 0.2) is 0 Å². The van der Waals surface area contributed by atoms with Crippen molar-refractivity contribution in [1.82, 2.24) is 0 Å². The van der Waals surface area contributed by atoms with Gasteiger partial charge in [-0.05, 0) is 31.5 Å². The summed E-state index contributed by atoms with van der Waals surface area (Å²) in [6, 6.07) is 5.85. The third-order valence-electron chi connectivity index (χ3n) is 3.23. The van der Waals surface area contributed by atoms with Crippen molar-refractivity contribution in [1.29, 1.82) is 0 Å². The number of aldehydes is 1. The van der Waals surface area contributed by atoms with Crippen molar-refractivity contribution in [2.45, 2.75) is 31.9 Å². The zero-order valence-electron chi connectivity index (χ0n) is 12.9. The predicted octanol–water partition coefficient (Wildman–Crippen LogP) is 2.85. The Labute approximate surface area is 138 Å². The summed E-state index contributed by atoms with van der Waals surface area (Å²) in [4.78, 5) is 35.2. The van der Waals surface area contributed by atoms with E-state index in [1.54, 1.807) is 0 Å². The standard InChI is InChI=1S/C16H18ClFO5/c1-3-22-14(20)16(18,15(21)23-4-2)13(9-10-19)11-5-7-12(17)8-6-11/h5-8,10,13H,3-4,9H2,1-2H3/t13-/m0/s1. The molecule has 0 unspecified atom stereocenters. The molecule has 0 amide bonds. The molecule has 0 aliphatic heterocycles. The number of hydrogen-bond donors (Lipinski definition) is 0. The summed E-state index contributed by atoms with van der Waals surface area (Å²) in [5.74, 6) is -4.11. The summed E-state index contributed by atoms with van der Waals surface area (Å²) in [7, 11) is 0. The molecule has 0 radical (unpaired) electrons. The van der Waals surface area contributed by atoms with E-state index in [1.807, 2.05) is 0 Å². The van der Waals surface area contributed by atoms with Crippen molar-refractivity contribution in [3.63, 3.8) is 0 Å². The van der Waals surface area contributed by atoms with Crippen LogP contribution in [0.4, 0.5) is 4.39 Å². The molecule has 0 heterocycles. The first-order valence-electron chi connectivity index (χ1n) is 7.14. The molecule has 0 aliphatic rings. The van der Waals surface area contributed by atoms with Crippen molar-refractivity contribution >= 4 is 29.8 Å². The van der Waals surface area contributed by atoms with E-state index in [0.29, 0.717) is 11.3 Å². The molecule has 1 aromatic carbocycles. The molecule has 7 heteroatoms. The molecule has 5 nitrogen and oxygen atoms in total. The smallest absolute Gasteiger partial charge is 0.356 e. The molecule has 0 saturated heterocycles. The number of ether oxygens (including phenoxy) is 2. The first-order valence-corrected chi connectivity index (χ1v) is 7.51. The normalized spacial score (nSPS) is 12.3. The molecule has 23 heavy (non-hydrogen) atoms. The SMILES string of the molecule is CCOC(=O)C(F)(C(=O)OCC)[C@@H](CC=O)c1ccc(Cl)cc1. The molecule has 0 saturated carbocycles. The van der Waals surface area contributed by atoms with Gasteiger partial charge >= 0.3 is 17.6 Å². The summed E-state index contributed by atoms with van der Waals surface area (Å²) >= 11 is 5.79. The Bertz CT molecular complexity index is 540. The second kappa shape index (κ2) is 8.62. The predicted molar refractivity (Wildman–Crippen MR) is 82.0 cm³/mol. The molecule has 0 spiro atoms. The quantitative estimate of drug-likeness (QED) is 0.412. The second-order valence-corrected chi connectivity index (χ2v) is 5.10. The topological polar surface area (TPSA) is 69.7 Å². The molecule has 126 valence electrons. The van der Waals surface area contributed by atoms with Crippen LogP contribution in [-0.4, -0.2) is 37.1 Å². The second-order valence-electron chi connectivity index (χ2n) is 4.66. The van der Waals surface area contributed by atoms with E-state index in [-0.39, 0.29) is 18.8 Å². The minimum Gasteiger partial charge on any atom is -0.463 e. The van der Waals surface area contributed by atoms with E-state index in [9.17, 15) is 14.4 Å². The van der Waals surface area contributed by atoms with Crippen molar-refractivity contribution in [3.05, 3.63) is 34.9 Å². The number of carbonyl (C=O) groups is 3. The molecular formula is C16H18ClFO5. The van der Waals surface area contributed by atoms with Gasteiger partial charge in [-0.15, -0.1) is 0 Å². The average Bonchev–Trinajstić information content (AvgIpc) is 2.53. The highest BCUT2D eigenvalue weighted by molar-refractivity contribution is 6.30. The van der Waals surface area contributed by atoms with Crippen molar-refractivity contribution in [2.75, 3.05) is 13.2 Å². The highest BCUT2D eigenvalue weighted by Crippen LogP contribution is 2.37. The van der Waals surface area contributed by atoms with Gasteiger partial charge in [-0.3, -0.25) is 0 Å². The molecule has 1 aromatic rings. The van der Waals surface area contributed by atoms with Gasteiger partial charge < -0.3 is 14.3 Å². The highest BCUT2D eigenvalue weighted by atomic mass is 35.5. The molecule has 0 aromatic heterocycles. The van der Waals surface area contributed by atoms with Gasteiger partial charge in [0.05, 0.1) is 13.2 Å². The number of rotatable bonds is 8. The number of hydrogen-bond acceptors (Lipinski definition) is 5. The van der Waals surface area contributed by atoms with Gasteiger partial charge in [-0.1, -0.05) is 23.7 Å². The van der Waals surface area contributed by atoms with E-state index in [4.69, 9.17) is 21.1 Å². The summed E-state index contributed by atoms with van der Waals surface area (Å²) in [6.07, 6.45) is 0.0435. The molecule has 1 atom stereocenters. The molecule has 0 aliphatic carbocycles. The maximum absolute atomic E-state index is 15.4. The molecule has 0 bridgehead atoms. The van der Waals surface area contributed by atoms with Crippen LogP contribution in [0.3, 0.4) is 0 Å². The van der Waals surface area contributed by atoms with Crippen molar-refractivity contribution < 1.29 is 28.2 Å². The molecular weight excluding hydrogens is 327 g/mol. The lowest BCUT2D eigenvalue weighted by molar-refractivity contribution is -0.176. The fraction of sp³-hybridized carbons (Fsp3) is 0.438. The Hall–Kier alpha value is -1.95. The monoisotopic (exact) mass is 344 g/mol. The van der Waals surface area contributed by atoms with Crippen molar-refractivity contribution in [2.24, 2.45) is 0 Å². The first-order chi connectivity index (χ1) is 10.9. The van der Waals surface area contributed by atoms with Crippen LogP contribution in [0, 0.1) is 0 Å². The van der Waals surface area contributed by atoms with E-state index >= 15 is 4.39 Å². The Morgan fingerprint density at radius 2 is 1.65 bits per heavy atom. The van der Waals surface area contributed by atoms with Gasteiger partial charge in [0.2, 0.25) is 0 Å². The van der Waals surface area contributed by atoms with Gasteiger partial charge in [-0.25, -0.2) is 14.0 Å². The van der Waals surface area contributed by atoms with Gasteiger partial charge in [0.1, 0.15) is 6.29 Å². The number of carbonyl (C=O) groups excluding carboxylic acids is 3. The van der Waals surface area contributed by atoms with E-state index in [1.165, 1.54) is 38.1 Å². The van der Waals surface area contributed by atoms with E-state index < -0.39 is 29.9 Å². The number of benzene rings is 1. The minimum atomic E-state index is -3.11. The summed E-state index contributed by atoms with van der Waals surface area (Å²) < 4.78 is 24.8. The number of halogens is 2. The summed E-state index contributed by atoms with van der Waals surface area (Å²) in [5.41, 5.74) is -2.84. The fourth-order valence-electron chi connectivity index (χ4n) is 2.16. The van der Waals surface area contributed by atoms with Gasteiger partial charge in [-0.2, -0.15) is 0 Å². The number of alkyl halides is 1. The van der Waals surface area contributed by atoms with Crippen LogP contribution in [0.5, 0.6) is 0 Å². The Balaban J connectivity index is 3.37. The van der Waals surface area contributed by atoms with Crippen LogP contribution < -0.4 is 0 Å². The average molecular weight is 345 g/mol. The zero-order valence-corrected chi connectivity index (χ0v) is 13.6. The van der Waals surface area contributed by atoms with Crippen LogP contribution in [0.25, 0.3) is 0 Å². The lowest BCUT2D eigenvalue weighted by Gasteiger charge is -2.29. The van der Waals surface area contributed by atoms with Crippen molar-refractivity contribution in [3.8, 4) is 0 Å². The highest BCUT2D eigenvalue weighted by Gasteiger charge is 2.56. The Morgan fingerprint density at radius 1 is 1.17 bits per heavy atom. The molecule has 1 rings (SSSR count). The van der Waals surface area contributed by atoms with Gasteiger partial charge in [0.25, 0.3) is 0 Å². The third kappa shape index (κ3) is 4.28. The summed E-state index contributed by atoms with van der Waals surface area (Å²) in [6.45, 7) is 2.75. The van der Waals surface area contributed by atoms with Crippen LogP contribution in [-0.2, 0) is 23.9 Å². The van der Waals surface area contributed by atoms with Crippen LogP contribution in [0.15, 0.2) is 24.3 Å². The Kier molecular flexibility index (Phi) is 7.16. The molecule has 0 N–H and O–H groups in total. The van der Waals surface area contributed by atoms with Crippen LogP contribution in [0.1, 0.15) is 31.7 Å². The largest absolute Gasteiger partial charge is 0.463 e. The lowest BCUT2D eigenvalue weighted by atomic mass is 9.81. The summed E-state index contributed by atoms with van der Waals surface area (Å²) in [5, 5.41) is 0.398.